The highest BCUT2D eigenvalue weighted by atomic mass is 32.2. The molecule has 4 aromatic rings. The third-order valence-electron chi connectivity index (χ3n) is 6.41. The van der Waals surface area contributed by atoms with Crippen LogP contribution in [-0.4, -0.2) is 31.8 Å². The van der Waals surface area contributed by atoms with E-state index in [9.17, 15) is 14.4 Å². The average molecular weight is 499 g/mol. The molecule has 0 unspecified atom stereocenters. The topological polar surface area (TPSA) is 76.3 Å². The highest BCUT2D eigenvalue weighted by Gasteiger charge is 2.32. The Morgan fingerprint density at radius 1 is 0.944 bits per heavy atom. The number of rotatable bonds is 6. The molecular weight excluding hydrogens is 472 g/mol. The summed E-state index contributed by atoms with van der Waals surface area (Å²) in [4.78, 5) is 40.6. The maximum atomic E-state index is 13.1. The fraction of sp³-hybridized carbons (Fsp3) is 0.179. The van der Waals surface area contributed by atoms with Crippen LogP contribution >= 0.6 is 11.8 Å². The van der Waals surface area contributed by atoms with Crippen molar-refractivity contribution < 1.29 is 9.59 Å². The van der Waals surface area contributed by atoms with Crippen molar-refractivity contribution in [1.29, 1.82) is 0 Å². The van der Waals surface area contributed by atoms with Gasteiger partial charge in [-0.25, -0.2) is 4.68 Å². The van der Waals surface area contributed by atoms with Crippen LogP contribution in [0.2, 0.25) is 0 Å². The first-order chi connectivity index (χ1) is 17.4. The predicted octanol–water partition coefficient (Wildman–Crippen LogP) is 4.51. The van der Waals surface area contributed by atoms with Crippen molar-refractivity contribution >= 4 is 29.3 Å². The molecule has 36 heavy (non-hydrogen) atoms. The molecule has 2 heterocycles. The smallest absolute Gasteiger partial charge is 0.295 e. The maximum Gasteiger partial charge on any atom is 0.295 e. The number of benzene rings is 3. The van der Waals surface area contributed by atoms with Crippen LogP contribution in [0.1, 0.15) is 32.6 Å². The minimum absolute atomic E-state index is 0.102. The number of thioether (sulfide) groups is 1. The van der Waals surface area contributed by atoms with Crippen LogP contribution in [0.3, 0.4) is 0 Å². The first-order valence-electron chi connectivity index (χ1n) is 11.6. The van der Waals surface area contributed by atoms with Crippen LogP contribution in [0.25, 0.3) is 5.69 Å². The third kappa shape index (κ3) is 4.47. The zero-order valence-electron chi connectivity index (χ0n) is 20.0. The second-order valence-electron chi connectivity index (χ2n) is 8.68. The highest BCUT2D eigenvalue weighted by molar-refractivity contribution is 8.00. The fourth-order valence-corrected chi connectivity index (χ4v) is 5.57. The second-order valence-corrected chi connectivity index (χ2v) is 9.75. The zero-order chi connectivity index (χ0) is 25.2. The van der Waals surface area contributed by atoms with Gasteiger partial charge in [0.05, 0.1) is 17.1 Å². The predicted molar refractivity (Wildman–Crippen MR) is 142 cm³/mol. The molecule has 1 aliphatic heterocycles. The van der Waals surface area contributed by atoms with E-state index in [-0.39, 0.29) is 28.4 Å². The van der Waals surface area contributed by atoms with Gasteiger partial charge in [0, 0.05) is 19.2 Å². The summed E-state index contributed by atoms with van der Waals surface area (Å²) in [6, 6.07) is 26.5. The van der Waals surface area contributed by atoms with E-state index >= 15 is 0 Å². The molecular formula is C28H26N4O3S. The Kier molecular flexibility index (Phi) is 6.52. The van der Waals surface area contributed by atoms with E-state index in [1.807, 2.05) is 77.7 Å². The van der Waals surface area contributed by atoms with Crippen LogP contribution < -0.4 is 10.9 Å². The third-order valence-corrected chi connectivity index (χ3v) is 7.67. The van der Waals surface area contributed by atoms with Gasteiger partial charge < -0.3 is 10.2 Å². The van der Waals surface area contributed by atoms with Gasteiger partial charge in [-0.15, -0.1) is 11.8 Å². The molecule has 1 fully saturated rings. The summed E-state index contributed by atoms with van der Waals surface area (Å²) in [7, 11) is 1.79. The van der Waals surface area contributed by atoms with Gasteiger partial charge in [0.1, 0.15) is 11.1 Å². The molecule has 2 amide bonds. The van der Waals surface area contributed by atoms with Crippen molar-refractivity contribution in [3.8, 4) is 5.69 Å². The Bertz CT molecular complexity index is 1460. The van der Waals surface area contributed by atoms with Crippen molar-refractivity contribution in [2.45, 2.75) is 18.8 Å². The molecule has 3 aromatic carbocycles. The van der Waals surface area contributed by atoms with Crippen molar-refractivity contribution in [2.24, 2.45) is 7.05 Å². The minimum Gasteiger partial charge on any atom is -0.322 e. The van der Waals surface area contributed by atoms with Crippen molar-refractivity contribution in [3.05, 3.63) is 118 Å². The Balaban J connectivity index is 1.34. The average Bonchev–Trinajstić information content (AvgIpc) is 3.36. The lowest BCUT2D eigenvalue weighted by Gasteiger charge is -2.24. The lowest BCUT2D eigenvalue weighted by molar-refractivity contribution is -0.128. The van der Waals surface area contributed by atoms with Gasteiger partial charge in [0.2, 0.25) is 5.91 Å². The molecule has 1 saturated heterocycles. The largest absolute Gasteiger partial charge is 0.322 e. The lowest BCUT2D eigenvalue weighted by atomic mass is 10.1. The maximum absolute atomic E-state index is 13.1. The van der Waals surface area contributed by atoms with E-state index < -0.39 is 0 Å². The lowest BCUT2D eigenvalue weighted by Crippen LogP contribution is -2.27. The van der Waals surface area contributed by atoms with Gasteiger partial charge in [0.15, 0.2) is 0 Å². The van der Waals surface area contributed by atoms with E-state index in [2.05, 4.69) is 5.32 Å². The van der Waals surface area contributed by atoms with E-state index in [1.54, 1.807) is 42.5 Å². The van der Waals surface area contributed by atoms with Crippen LogP contribution in [-0.2, 0) is 18.4 Å². The normalized spacial score (nSPS) is 15.3. The number of nitrogens with one attached hydrogen (secondary N) is 1. The minimum atomic E-state index is -0.358. The Morgan fingerprint density at radius 2 is 1.58 bits per heavy atom. The monoisotopic (exact) mass is 498 g/mol. The zero-order valence-corrected chi connectivity index (χ0v) is 20.9. The number of aromatic nitrogens is 2. The summed E-state index contributed by atoms with van der Waals surface area (Å²) < 4.78 is 3.26. The molecule has 1 atom stereocenters. The number of amides is 2. The molecule has 182 valence electrons. The van der Waals surface area contributed by atoms with Gasteiger partial charge in [-0.1, -0.05) is 60.7 Å². The number of para-hydroxylation sites is 1. The first kappa shape index (κ1) is 23.7. The van der Waals surface area contributed by atoms with Crippen molar-refractivity contribution in [3.63, 3.8) is 0 Å². The SMILES string of the molecule is Cc1c(NC(=O)c2ccc([C@H]3SCC(=O)N3Cc3ccccc3)cc2)c(=O)n(-c2ccccc2)n1C. The van der Waals surface area contributed by atoms with Gasteiger partial charge in [-0.05, 0) is 42.3 Å². The van der Waals surface area contributed by atoms with Gasteiger partial charge in [0.25, 0.3) is 11.5 Å². The summed E-state index contributed by atoms with van der Waals surface area (Å²) in [5.41, 5.74) is 3.82. The molecule has 1 aliphatic rings. The number of hydrogen-bond acceptors (Lipinski definition) is 4. The van der Waals surface area contributed by atoms with E-state index in [1.165, 1.54) is 4.68 Å². The second kappa shape index (κ2) is 9.91. The van der Waals surface area contributed by atoms with Crippen LogP contribution in [0.4, 0.5) is 5.69 Å². The van der Waals surface area contributed by atoms with Crippen LogP contribution in [0.5, 0.6) is 0 Å². The molecule has 7 nitrogen and oxygen atoms in total. The quantitative estimate of drug-likeness (QED) is 0.424. The van der Waals surface area contributed by atoms with Crippen molar-refractivity contribution in [2.75, 3.05) is 11.1 Å². The molecule has 8 heteroatoms. The molecule has 0 spiro atoms. The van der Waals surface area contributed by atoms with Gasteiger partial charge >= 0.3 is 0 Å². The number of carbonyl (C=O) groups is 2. The van der Waals surface area contributed by atoms with Gasteiger partial charge in [-0.2, -0.15) is 0 Å². The molecule has 0 aliphatic carbocycles. The van der Waals surface area contributed by atoms with E-state index in [0.29, 0.717) is 23.6 Å². The van der Waals surface area contributed by atoms with Crippen LogP contribution in [0, 0.1) is 6.92 Å². The molecule has 1 N–H and O–H groups in total. The summed E-state index contributed by atoms with van der Waals surface area (Å²) in [5.74, 6) is 0.175. The number of nitrogens with zero attached hydrogens (tertiary/aromatic N) is 3. The number of hydrogen-bond donors (Lipinski definition) is 1. The highest BCUT2D eigenvalue weighted by Crippen LogP contribution is 2.39. The summed E-state index contributed by atoms with van der Waals surface area (Å²) in [6.45, 7) is 2.34. The molecule has 0 saturated carbocycles. The Labute approximate surface area is 213 Å². The number of anilines is 1. The summed E-state index contributed by atoms with van der Waals surface area (Å²) in [5, 5.41) is 2.69. The number of carbonyl (C=O) groups excluding carboxylic acids is 2. The van der Waals surface area contributed by atoms with E-state index in [4.69, 9.17) is 0 Å². The van der Waals surface area contributed by atoms with E-state index in [0.717, 1.165) is 16.8 Å². The Morgan fingerprint density at radius 3 is 2.25 bits per heavy atom. The molecule has 0 radical (unpaired) electrons. The summed E-state index contributed by atoms with van der Waals surface area (Å²) in [6.07, 6.45) is 0. The van der Waals surface area contributed by atoms with Gasteiger partial charge in [-0.3, -0.25) is 19.1 Å². The molecule has 1 aromatic heterocycles. The Hall–Kier alpha value is -4.04. The molecule has 5 rings (SSSR count). The molecule has 0 bridgehead atoms. The van der Waals surface area contributed by atoms with Crippen molar-refractivity contribution in [1.82, 2.24) is 14.3 Å². The first-order valence-corrected chi connectivity index (χ1v) is 12.7. The standard InChI is InChI=1S/C28H26N4O3S/c1-19-25(27(35)32(30(19)2)23-11-7-4-8-12-23)29-26(34)21-13-15-22(16-14-21)28-31(24(33)18-36-28)17-20-9-5-3-6-10-20/h3-16,28H,17-18H2,1-2H3,(H,29,34)/t28-/m1/s1. The summed E-state index contributed by atoms with van der Waals surface area (Å²) >= 11 is 1.58. The van der Waals surface area contributed by atoms with Crippen LogP contribution in [0.15, 0.2) is 89.7 Å². The fourth-order valence-electron chi connectivity index (χ4n) is 4.38.